The number of halogens is 3. The third-order valence-electron chi connectivity index (χ3n) is 2.50. The fraction of sp³-hybridized carbons (Fsp3) is 0.0769. The van der Waals surface area contributed by atoms with E-state index in [0.717, 1.165) is 0 Å². The second kappa shape index (κ2) is 5.46. The first-order valence-corrected chi connectivity index (χ1v) is 5.97. The molecule has 0 unspecified atom stereocenters. The Morgan fingerprint density at radius 2 is 1.75 bits per heavy atom. The molecule has 3 N–H and O–H groups in total. The van der Waals surface area contributed by atoms with Gasteiger partial charge in [0.2, 0.25) is 0 Å². The molecule has 7 heteroatoms. The molecule has 0 aliphatic heterocycles. The van der Waals surface area contributed by atoms with Gasteiger partial charge in [0.25, 0.3) is 0 Å². The summed E-state index contributed by atoms with van der Waals surface area (Å²) in [5.41, 5.74) is 6.10. The molecule has 0 aliphatic carbocycles. The number of nitrogens with two attached hydrogens (primary N) is 1. The van der Waals surface area contributed by atoms with E-state index in [1.54, 1.807) is 13.0 Å². The number of hydrogen-bond acceptors (Lipinski definition) is 3. The van der Waals surface area contributed by atoms with Crippen LogP contribution in [-0.4, -0.2) is 9.97 Å². The second-order valence-corrected chi connectivity index (χ2v) is 4.56. The van der Waals surface area contributed by atoms with Crippen molar-refractivity contribution in [2.45, 2.75) is 6.92 Å². The van der Waals surface area contributed by atoms with Crippen LogP contribution in [0.3, 0.4) is 0 Å². The standard InChI is InChI=1S/C13H10F3N3S/c1-6-2-7(13(17)20)3-11(18-6)19-12-9(15)4-8(14)5-10(12)16/h2-5H,1H3,(H2,17,20)(H,18,19). The van der Waals surface area contributed by atoms with Crippen LogP contribution in [0.1, 0.15) is 11.3 Å². The molecular weight excluding hydrogens is 287 g/mol. The van der Waals surface area contributed by atoms with Crippen LogP contribution in [0.5, 0.6) is 0 Å². The van der Waals surface area contributed by atoms with Crippen LogP contribution in [0.2, 0.25) is 0 Å². The molecule has 0 saturated carbocycles. The SMILES string of the molecule is Cc1cc(C(N)=S)cc(Nc2c(F)cc(F)cc2F)n1. The number of anilines is 2. The molecule has 1 aromatic heterocycles. The van der Waals surface area contributed by atoms with Crippen LogP contribution in [0.4, 0.5) is 24.7 Å². The van der Waals surface area contributed by atoms with E-state index in [9.17, 15) is 13.2 Å². The number of benzene rings is 1. The van der Waals surface area contributed by atoms with Gasteiger partial charge in [0, 0.05) is 23.4 Å². The monoisotopic (exact) mass is 297 g/mol. The maximum atomic E-state index is 13.5. The molecule has 2 rings (SSSR count). The molecule has 0 atom stereocenters. The first-order valence-electron chi connectivity index (χ1n) is 5.57. The van der Waals surface area contributed by atoms with Crippen molar-refractivity contribution in [2.75, 3.05) is 5.32 Å². The summed E-state index contributed by atoms with van der Waals surface area (Å²) >= 11 is 4.84. The van der Waals surface area contributed by atoms with Crippen molar-refractivity contribution in [3.8, 4) is 0 Å². The lowest BCUT2D eigenvalue weighted by molar-refractivity contribution is 0.548. The Hall–Kier alpha value is -2.15. The smallest absolute Gasteiger partial charge is 0.152 e. The zero-order valence-electron chi connectivity index (χ0n) is 10.4. The van der Waals surface area contributed by atoms with Crippen molar-refractivity contribution < 1.29 is 13.2 Å². The Balaban J connectivity index is 2.42. The predicted octanol–water partition coefficient (Wildman–Crippen LogP) is 3.19. The highest BCUT2D eigenvalue weighted by Crippen LogP contribution is 2.24. The van der Waals surface area contributed by atoms with Crippen molar-refractivity contribution in [2.24, 2.45) is 5.73 Å². The molecule has 0 amide bonds. The number of aryl methyl sites for hydroxylation is 1. The van der Waals surface area contributed by atoms with Crippen molar-refractivity contribution in [1.82, 2.24) is 4.98 Å². The van der Waals surface area contributed by atoms with E-state index in [0.29, 0.717) is 23.4 Å². The highest BCUT2D eigenvalue weighted by Gasteiger charge is 2.13. The van der Waals surface area contributed by atoms with E-state index in [2.05, 4.69) is 10.3 Å². The van der Waals surface area contributed by atoms with Gasteiger partial charge < -0.3 is 11.1 Å². The van der Waals surface area contributed by atoms with E-state index < -0.39 is 23.1 Å². The molecule has 20 heavy (non-hydrogen) atoms. The summed E-state index contributed by atoms with van der Waals surface area (Å²) in [4.78, 5) is 4.20. The van der Waals surface area contributed by atoms with Crippen molar-refractivity contribution in [1.29, 1.82) is 0 Å². The molecule has 3 nitrogen and oxygen atoms in total. The number of aromatic nitrogens is 1. The molecule has 1 heterocycles. The molecule has 0 saturated heterocycles. The number of thiocarbonyl (C=S) groups is 1. The lowest BCUT2D eigenvalue weighted by Crippen LogP contribution is -2.11. The predicted molar refractivity (Wildman–Crippen MR) is 74.5 cm³/mol. The largest absolute Gasteiger partial charge is 0.389 e. The van der Waals surface area contributed by atoms with Gasteiger partial charge in [-0.2, -0.15) is 0 Å². The average molecular weight is 297 g/mol. The average Bonchev–Trinajstić information content (AvgIpc) is 2.33. The summed E-state index contributed by atoms with van der Waals surface area (Å²) in [6.45, 7) is 1.68. The topological polar surface area (TPSA) is 50.9 Å². The second-order valence-electron chi connectivity index (χ2n) is 4.12. The van der Waals surface area contributed by atoms with Crippen molar-refractivity contribution in [3.05, 3.63) is 53.0 Å². The van der Waals surface area contributed by atoms with E-state index in [1.165, 1.54) is 6.07 Å². The molecule has 1 aromatic carbocycles. The summed E-state index contributed by atoms with van der Waals surface area (Å²) in [6, 6.07) is 4.26. The summed E-state index contributed by atoms with van der Waals surface area (Å²) < 4.78 is 39.9. The van der Waals surface area contributed by atoms with Gasteiger partial charge in [0.05, 0.1) is 0 Å². The fourth-order valence-corrected chi connectivity index (χ4v) is 1.78. The van der Waals surface area contributed by atoms with Crippen LogP contribution in [0, 0.1) is 24.4 Å². The summed E-state index contributed by atoms with van der Waals surface area (Å²) in [6.07, 6.45) is 0. The Morgan fingerprint density at radius 1 is 1.15 bits per heavy atom. The van der Waals surface area contributed by atoms with Gasteiger partial charge in [-0.3, -0.25) is 0 Å². The molecule has 0 fully saturated rings. The molecule has 0 spiro atoms. The van der Waals surface area contributed by atoms with Crippen LogP contribution < -0.4 is 11.1 Å². The Kier molecular flexibility index (Phi) is 3.89. The van der Waals surface area contributed by atoms with Gasteiger partial charge in [-0.25, -0.2) is 18.2 Å². The van der Waals surface area contributed by atoms with Crippen LogP contribution >= 0.6 is 12.2 Å². The Labute approximate surface area is 118 Å². The quantitative estimate of drug-likeness (QED) is 0.854. The van der Waals surface area contributed by atoms with Crippen LogP contribution in [0.25, 0.3) is 0 Å². The third-order valence-corrected chi connectivity index (χ3v) is 2.73. The number of nitrogens with one attached hydrogen (secondary N) is 1. The van der Waals surface area contributed by atoms with E-state index >= 15 is 0 Å². The maximum Gasteiger partial charge on any atom is 0.152 e. The minimum Gasteiger partial charge on any atom is -0.389 e. The molecular formula is C13H10F3N3S. The number of rotatable bonds is 3. The first kappa shape index (κ1) is 14.3. The minimum atomic E-state index is -1.05. The minimum absolute atomic E-state index is 0.138. The van der Waals surface area contributed by atoms with Gasteiger partial charge in [-0.1, -0.05) is 12.2 Å². The molecule has 104 valence electrons. The zero-order chi connectivity index (χ0) is 14.9. The van der Waals surface area contributed by atoms with Gasteiger partial charge in [-0.05, 0) is 19.1 Å². The Bertz CT molecular complexity index is 666. The van der Waals surface area contributed by atoms with Gasteiger partial charge in [0.15, 0.2) is 11.6 Å². The van der Waals surface area contributed by atoms with Crippen molar-refractivity contribution in [3.63, 3.8) is 0 Å². The molecule has 2 aromatic rings. The van der Waals surface area contributed by atoms with E-state index in [-0.39, 0.29) is 10.8 Å². The van der Waals surface area contributed by atoms with E-state index in [4.69, 9.17) is 18.0 Å². The highest BCUT2D eigenvalue weighted by atomic mass is 32.1. The number of hydrogen-bond donors (Lipinski definition) is 2. The van der Waals surface area contributed by atoms with Crippen LogP contribution in [0.15, 0.2) is 24.3 Å². The van der Waals surface area contributed by atoms with E-state index in [1.807, 2.05) is 0 Å². The lowest BCUT2D eigenvalue weighted by atomic mass is 10.2. The van der Waals surface area contributed by atoms with Crippen molar-refractivity contribution >= 4 is 28.7 Å². The number of pyridine rings is 1. The van der Waals surface area contributed by atoms with Crippen LogP contribution in [-0.2, 0) is 0 Å². The Morgan fingerprint density at radius 3 is 2.30 bits per heavy atom. The fourth-order valence-electron chi connectivity index (χ4n) is 1.66. The normalized spacial score (nSPS) is 10.4. The molecule has 0 radical (unpaired) electrons. The lowest BCUT2D eigenvalue weighted by Gasteiger charge is -2.10. The zero-order valence-corrected chi connectivity index (χ0v) is 11.2. The summed E-state index contributed by atoms with van der Waals surface area (Å²) in [5, 5.41) is 2.46. The molecule has 0 aliphatic rings. The summed E-state index contributed by atoms with van der Waals surface area (Å²) in [7, 11) is 0. The first-order chi connectivity index (χ1) is 9.36. The van der Waals surface area contributed by atoms with Gasteiger partial charge in [0.1, 0.15) is 22.3 Å². The highest BCUT2D eigenvalue weighted by molar-refractivity contribution is 7.80. The summed E-state index contributed by atoms with van der Waals surface area (Å²) in [5.74, 6) is -2.94. The van der Waals surface area contributed by atoms with Gasteiger partial charge >= 0.3 is 0 Å². The maximum absolute atomic E-state index is 13.5. The van der Waals surface area contributed by atoms with Gasteiger partial charge in [-0.15, -0.1) is 0 Å². The number of nitrogens with zero attached hydrogens (tertiary/aromatic N) is 1. The molecule has 0 bridgehead atoms. The third kappa shape index (κ3) is 3.05.